The van der Waals surface area contributed by atoms with Gasteiger partial charge in [0.05, 0.1) is 11.6 Å². The van der Waals surface area contributed by atoms with Gasteiger partial charge in [-0.15, -0.1) is 0 Å². The zero-order chi connectivity index (χ0) is 14.8. The van der Waals surface area contributed by atoms with Gasteiger partial charge >= 0.3 is 0 Å². The van der Waals surface area contributed by atoms with E-state index >= 15 is 0 Å². The van der Waals surface area contributed by atoms with Crippen molar-refractivity contribution in [3.05, 3.63) is 70.6 Å². The molecule has 0 aliphatic rings. The van der Waals surface area contributed by atoms with Gasteiger partial charge in [0.1, 0.15) is 5.15 Å². The van der Waals surface area contributed by atoms with Crippen molar-refractivity contribution in [1.29, 1.82) is 0 Å². The molecule has 2 heterocycles. The Kier molecular flexibility index (Phi) is 3.84. The van der Waals surface area contributed by atoms with Crippen LogP contribution in [0.15, 0.2) is 48.7 Å². The highest BCUT2D eigenvalue weighted by Gasteiger charge is 2.13. The molecule has 3 aromatic rings. The number of rotatable bonds is 3. The summed E-state index contributed by atoms with van der Waals surface area (Å²) in [6, 6.07) is 13.7. The first kappa shape index (κ1) is 13.9. The van der Waals surface area contributed by atoms with Crippen molar-refractivity contribution in [3.63, 3.8) is 0 Å². The number of benzene rings is 1. The third kappa shape index (κ3) is 2.88. The van der Waals surface area contributed by atoms with E-state index < -0.39 is 0 Å². The molecule has 0 fully saturated rings. The van der Waals surface area contributed by atoms with Crippen LogP contribution < -0.4 is 11.3 Å². The first-order chi connectivity index (χ1) is 10.2. The van der Waals surface area contributed by atoms with E-state index in [0.29, 0.717) is 5.15 Å². The summed E-state index contributed by atoms with van der Waals surface area (Å²) in [6.45, 7) is 1.98. The van der Waals surface area contributed by atoms with E-state index in [2.05, 4.69) is 27.5 Å². The third-order valence-corrected chi connectivity index (χ3v) is 3.66. The zero-order valence-corrected chi connectivity index (χ0v) is 12.3. The quantitative estimate of drug-likeness (QED) is 0.443. The van der Waals surface area contributed by atoms with Gasteiger partial charge in [0.25, 0.3) is 0 Å². The van der Waals surface area contributed by atoms with Crippen LogP contribution in [0.3, 0.4) is 0 Å². The highest BCUT2D eigenvalue weighted by molar-refractivity contribution is 6.29. The zero-order valence-electron chi connectivity index (χ0n) is 11.5. The van der Waals surface area contributed by atoms with Gasteiger partial charge in [-0.25, -0.2) is 10.4 Å². The van der Waals surface area contributed by atoms with E-state index in [1.807, 2.05) is 31.2 Å². The fraction of sp³-hybridized carbons (Fsp3) is 0.125. The molecule has 0 saturated heterocycles. The number of nitrogens with one attached hydrogen (secondary N) is 1. The van der Waals surface area contributed by atoms with Crippen LogP contribution in [-0.2, 0) is 0 Å². The van der Waals surface area contributed by atoms with Gasteiger partial charge in [-0.2, -0.15) is 0 Å². The summed E-state index contributed by atoms with van der Waals surface area (Å²) in [7, 11) is 0. The molecule has 0 spiro atoms. The van der Waals surface area contributed by atoms with Crippen LogP contribution >= 0.6 is 11.6 Å². The number of hydrogen-bond acceptors (Lipinski definition) is 4. The van der Waals surface area contributed by atoms with Crippen molar-refractivity contribution in [3.8, 4) is 0 Å². The van der Waals surface area contributed by atoms with E-state index in [9.17, 15) is 0 Å². The molecule has 0 bridgehead atoms. The molecular weight excluding hydrogens is 284 g/mol. The number of pyridine rings is 2. The maximum absolute atomic E-state index is 5.83. The molecule has 1 atom stereocenters. The molecule has 1 unspecified atom stereocenters. The minimum atomic E-state index is -0.138. The van der Waals surface area contributed by atoms with Crippen LogP contribution in [0.1, 0.15) is 22.9 Å². The predicted molar refractivity (Wildman–Crippen MR) is 84.9 cm³/mol. The maximum atomic E-state index is 5.83. The van der Waals surface area contributed by atoms with Crippen LogP contribution in [-0.4, -0.2) is 9.97 Å². The Morgan fingerprint density at radius 2 is 1.90 bits per heavy atom. The number of nitrogens with two attached hydrogens (primary N) is 1. The van der Waals surface area contributed by atoms with Crippen LogP contribution in [0, 0.1) is 6.92 Å². The molecule has 3 rings (SSSR count). The molecule has 0 aliphatic carbocycles. The van der Waals surface area contributed by atoms with Crippen LogP contribution in [0.2, 0.25) is 5.15 Å². The molecule has 4 nitrogen and oxygen atoms in total. The number of halogens is 1. The molecule has 1 aromatic carbocycles. The molecule has 0 saturated carbocycles. The highest BCUT2D eigenvalue weighted by atomic mass is 35.5. The number of nitrogens with zero attached hydrogens (tertiary/aromatic N) is 2. The fourth-order valence-electron chi connectivity index (χ4n) is 2.37. The van der Waals surface area contributed by atoms with Crippen molar-refractivity contribution in [2.24, 2.45) is 5.84 Å². The van der Waals surface area contributed by atoms with Gasteiger partial charge < -0.3 is 0 Å². The van der Waals surface area contributed by atoms with E-state index in [-0.39, 0.29) is 6.04 Å². The molecule has 0 amide bonds. The molecule has 2 aromatic heterocycles. The molecule has 0 radical (unpaired) electrons. The fourth-order valence-corrected chi connectivity index (χ4v) is 2.48. The molecule has 21 heavy (non-hydrogen) atoms. The Hall–Kier alpha value is -2.01. The monoisotopic (exact) mass is 298 g/mol. The first-order valence-corrected chi connectivity index (χ1v) is 7.00. The number of fused-ring (bicyclic) bond motifs is 1. The van der Waals surface area contributed by atoms with Crippen molar-refractivity contribution in [2.75, 3.05) is 0 Å². The summed E-state index contributed by atoms with van der Waals surface area (Å²) in [5.74, 6) is 5.72. The van der Waals surface area contributed by atoms with Crippen molar-refractivity contribution >= 4 is 22.5 Å². The van der Waals surface area contributed by atoms with Gasteiger partial charge in [0.2, 0.25) is 0 Å². The van der Waals surface area contributed by atoms with Crippen LogP contribution in [0.25, 0.3) is 10.9 Å². The van der Waals surface area contributed by atoms with Crippen molar-refractivity contribution in [1.82, 2.24) is 15.4 Å². The van der Waals surface area contributed by atoms with Gasteiger partial charge in [0, 0.05) is 17.3 Å². The highest BCUT2D eigenvalue weighted by Crippen LogP contribution is 2.24. The lowest BCUT2D eigenvalue weighted by molar-refractivity contribution is 0.635. The van der Waals surface area contributed by atoms with E-state index in [4.69, 9.17) is 17.4 Å². The summed E-state index contributed by atoms with van der Waals surface area (Å²) < 4.78 is 0. The minimum absolute atomic E-state index is 0.138. The molecule has 3 N–H and O–H groups in total. The molecule has 0 aliphatic heterocycles. The topological polar surface area (TPSA) is 63.8 Å². The lowest BCUT2D eigenvalue weighted by atomic mass is 9.99. The number of hydrogen-bond donors (Lipinski definition) is 2. The average molecular weight is 299 g/mol. The summed E-state index contributed by atoms with van der Waals surface area (Å²) in [6.07, 6.45) is 1.73. The molecule has 106 valence electrons. The second kappa shape index (κ2) is 5.77. The minimum Gasteiger partial charge on any atom is -0.271 e. The van der Waals surface area contributed by atoms with Gasteiger partial charge in [0.15, 0.2) is 0 Å². The maximum Gasteiger partial charge on any atom is 0.129 e. The number of aryl methyl sites for hydroxylation is 1. The Labute approximate surface area is 128 Å². The Balaban J connectivity index is 2.04. The third-order valence-electron chi connectivity index (χ3n) is 3.44. The SMILES string of the molecule is Cc1ccc2cc(C(NN)c3ccc(Cl)nc3)ccc2n1. The van der Waals surface area contributed by atoms with Gasteiger partial charge in [-0.05, 0) is 42.3 Å². The summed E-state index contributed by atoms with van der Waals surface area (Å²) >= 11 is 5.83. The first-order valence-electron chi connectivity index (χ1n) is 6.62. The Morgan fingerprint density at radius 3 is 2.62 bits per heavy atom. The van der Waals surface area contributed by atoms with Crippen LogP contribution in [0.4, 0.5) is 0 Å². The lowest BCUT2D eigenvalue weighted by Gasteiger charge is -2.17. The smallest absolute Gasteiger partial charge is 0.129 e. The lowest BCUT2D eigenvalue weighted by Crippen LogP contribution is -2.28. The summed E-state index contributed by atoms with van der Waals surface area (Å²) in [4.78, 5) is 8.61. The number of aromatic nitrogens is 2. The summed E-state index contributed by atoms with van der Waals surface area (Å²) in [5, 5.41) is 1.55. The van der Waals surface area contributed by atoms with E-state index in [1.165, 1.54) is 0 Å². The Morgan fingerprint density at radius 1 is 1.10 bits per heavy atom. The largest absolute Gasteiger partial charge is 0.271 e. The summed E-state index contributed by atoms with van der Waals surface area (Å²) in [5.41, 5.74) is 6.82. The van der Waals surface area contributed by atoms with E-state index in [0.717, 1.165) is 27.7 Å². The normalized spacial score (nSPS) is 12.5. The van der Waals surface area contributed by atoms with Gasteiger partial charge in [-0.3, -0.25) is 10.8 Å². The van der Waals surface area contributed by atoms with Crippen molar-refractivity contribution in [2.45, 2.75) is 13.0 Å². The van der Waals surface area contributed by atoms with Crippen LogP contribution in [0.5, 0.6) is 0 Å². The average Bonchev–Trinajstić information content (AvgIpc) is 2.50. The molecular formula is C16H15ClN4. The van der Waals surface area contributed by atoms with Gasteiger partial charge in [-0.1, -0.05) is 29.8 Å². The second-order valence-corrected chi connectivity index (χ2v) is 5.31. The molecule has 5 heteroatoms. The Bertz CT molecular complexity index is 771. The standard InChI is InChI=1S/C16H15ClN4/c1-10-2-3-11-8-12(4-6-14(11)20-10)16(21-18)13-5-7-15(17)19-9-13/h2-9,16,21H,18H2,1H3. The number of hydrazine groups is 1. The second-order valence-electron chi connectivity index (χ2n) is 4.92. The predicted octanol–water partition coefficient (Wildman–Crippen LogP) is 3.14. The van der Waals surface area contributed by atoms with E-state index in [1.54, 1.807) is 12.3 Å². The van der Waals surface area contributed by atoms with Crippen molar-refractivity contribution < 1.29 is 0 Å².